The van der Waals surface area contributed by atoms with Crippen LogP contribution < -0.4 is 10.9 Å². The number of carbonyl (C=O) groups is 1. The molecule has 0 aliphatic rings. The number of rotatable bonds is 5. The molecule has 1 atom stereocenters. The van der Waals surface area contributed by atoms with Crippen LogP contribution in [-0.4, -0.2) is 15.5 Å². The second-order valence-electron chi connectivity index (χ2n) is 7.88. The second-order valence-corrected chi connectivity index (χ2v) is 7.88. The van der Waals surface area contributed by atoms with Gasteiger partial charge >= 0.3 is 0 Å². The summed E-state index contributed by atoms with van der Waals surface area (Å²) in [6, 6.07) is 22.9. The molecule has 0 fully saturated rings. The van der Waals surface area contributed by atoms with E-state index in [1.165, 1.54) is 0 Å². The van der Waals surface area contributed by atoms with E-state index in [9.17, 15) is 9.59 Å². The van der Waals surface area contributed by atoms with Crippen LogP contribution in [0.15, 0.2) is 77.6 Å². The van der Waals surface area contributed by atoms with Crippen molar-refractivity contribution in [2.24, 2.45) is 0 Å². The average molecular weight is 412 g/mol. The van der Waals surface area contributed by atoms with Gasteiger partial charge in [0.25, 0.3) is 5.56 Å². The number of aromatic nitrogens is 2. The van der Waals surface area contributed by atoms with Crippen LogP contribution in [0.3, 0.4) is 0 Å². The molecule has 31 heavy (non-hydrogen) atoms. The maximum atomic E-state index is 13.0. The van der Waals surface area contributed by atoms with E-state index in [1.807, 2.05) is 87.5 Å². The first kappa shape index (κ1) is 20.5. The molecular weight excluding hydrogens is 386 g/mol. The molecule has 1 aromatic heterocycles. The van der Waals surface area contributed by atoms with Crippen molar-refractivity contribution in [3.05, 3.63) is 100 Å². The van der Waals surface area contributed by atoms with Crippen LogP contribution in [0.2, 0.25) is 0 Å². The number of aryl methyl sites for hydroxylation is 2. The number of carbonyl (C=O) groups excluding carboxylic acids is 1. The van der Waals surface area contributed by atoms with Crippen LogP contribution in [0.4, 0.5) is 5.69 Å². The number of fused-ring (bicyclic) bond motifs is 1. The molecule has 1 amide bonds. The Morgan fingerprint density at radius 2 is 1.71 bits per heavy atom. The summed E-state index contributed by atoms with van der Waals surface area (Å²) in [5.41, 5.74) is 4.09. The van der Waals surface area contributed by atoms with Crippen molar-refractivity contribution in [2.75, 3.05) is 5.32 Å². The van der Waals surface area contributed by atoms with Gasteiger partial charge in [-0.05, 0) is 61.2 Å². The summed E-state index contributed by atoms with van der Waals surface area (Å²) in [5.74, 6) is 0.718. The quantitative estimate of drug-likeness (QED) is 0.495. The minimum Gasteiger partial charge on any atom is -0.326 e. The van der Waals surface area contributed by atoms with Gasteiger partial charge in [-0.3, -0.25) is 14.2 Å². The summed E-state index contributed by atoms with van der Waals surface area (Å²) in [7, 11) is 0. The van der Waals surface area contributed by atoms with Crippen molar-refractivity contribution in [1.82, 2.24) is 9.55 Å². The standard InChI is InChI=1S/C26H25N3O2/c1-17(20-9-5-4-6-10-20)16-25(30)28-23-14-13-21(15-18(23)2)29-19(3)27-24-12-8-7-11-22(24)26(29)31/h4-15,17H,16H2,1-3H3,(H,28,30)/t17-/m0/s1. The highest BCUT2D eigenvalue weighted by molar-refractivity contribution is 5.92. The van der Waals surface area contributed by atoms with E-state index in [4.69, 9.17) is 0 Å². The lowest BCUT2D eigenvalue weighted by atomic mass is 9.97. The fraction of sp³-hybridized carbons (Fsp3) is 0.192. The van der Waals surface area contributed by atoms with Crippen molar-refractivity contribution >= 4 is 22.5 Å². The van der Waals surface area contributed by atoms with Gasteiger partial charge in [-0.1, -0.05) is 49.4 Å². The Hall–Kier alpha value is -3.73. The van der Waals surface area contributed by atoms with Gasteiger partial charge in [0.05, 0.1) is 16.6 Å². The van der Waals surface area contributed by atoms with E-state index < -0.39 is 0 Å². The monoisotopic (exact) mass is 411 g/mol. The number of nitrogens with zero attached hydrogens (tertiary/aromatic N) is 2. The van der Waals surface area contributed by atoms with Crippen molar-refractivity contribution < 1.29 is 4.79 Å². The molecule has 1 heterocycles. The van der Waals surface area contributed by atoms with E-state index in [-0.39, 0.29) is 17.4 Å². The maximum Gasteiger partial charge on any atom is 0.265 e. The summed E-state index contributed by atoms with van der Waals surface area (Å²) in [4.78, 5) is 30.2. The predicted octanol–water partition coefficient (Wildman–Crippen LogP) is 5.13. The Bertz CT molecular complexity index is 1310. The van der Waals surface area contributed by atoms with Gasteiger partial charge in [0.1, 0.15) is 5.82 Å². The highest BCUT2D eigenvalue weighted by Gasteiger charge is 2.14. The minimum atomic E-state index is -0.101. The van der Waals surface area contributed by atoms with Gasteiger partial charge in [-0.15, -0.1) is 0 Å². The Labute approximate surface area is 181 Å². The first-order valence-corrected chi connectivity index (χ1v) is 10.4. The molecule has 0 saturated carbocycles. The van der Waals surface area contributed by atoms with Gasteiger partial charge in [0, 0.05) is 12.1 Å². The Morgan fingerprint density at radius 1 is 1.00 bits per heavy atom. The van der Waals surface area contributed by atoms with E-state index in [0.29, 0.717) is 23.1 Å². The molecule has 0 aliphatic heterocycles. The first-order valence-electron chi connectivity index (χ1n) is 10.4. The van der Waals surface area contributed by atoms with E-state index in [0.717, 1.165) is 22.5 Å². The lowest BCUT2D eigenvalue weighted by molar-refractivity contribution is -0.116. The zero-order chi connectivity index (χ0) is 22.0. The number of amides is 1. The van der Waals surface area contributed by atoms with Crippen LogP contribution in [-0.2, 0) is 4.79 Å². The molecule has 0 radical (unpaired) electrons. The van der Waals surface area contributed by atoms with Gasteiger partial charge < -0.3 is 5.32 Å². The number of para-hydroxylation sites is 1. The lowest BCUT2D eigenvalue weighted by Gasteiger charge is -2.15. The Kier molecular flexibility index (Phi) is 5.67. The summed E-state index contributed by atoms with van der Waals surface area (Å²) < 4.78 is 1.61. The molecule has 4 rings (SSSR count). The smallest absolute Gasteiger partial charge is 0.265 e. The molecule has 0 bridgehead atoms. The zero-order valence-corrected chi connectivity index (χ0v) is 17.9. The third-order valence-electron chi connectivity index (χ3n) is 5.55. The van der Waals surface area contributed by atoms with Crippen molar-refractivity contribution in [1.29, 1.82) is 0 Å². The lowest BCUT2D eigenvalue weighted by Crippen LogP contribution is -2.22. The van der Waals surface area contributed by atoms with E-state index >= 15 is 0 Å². The second kappa shape index (κ2) is 8.56. The topological polar surface area (TPSA) is 64.0 Å². The molecule has 0 unspecified atom stereocenters. The molecule has 4 aromatic rings. The Morgan fingerprint density at radius 3 is 2.45 bits per heavy atom. The SMILES string of the molecule is Cc1cc(-n2c(C)nc3ccccc3c2=O)ccc1NC(=O)C[C@H](C)c1ccccc1. The van der Waals surface area contributed by atoms with Crippen molar-refractivity contribution in [2.45, 2.75) is 33.1 Å². The van der Waals surface area contributed by atoms with Crippen LogP contribution >= 0.6 is 0 Å². The average Bonchev–Trinajstić information content (AvgIpc) is 2.76. The van der Waals surface area contributed by atoms with E-state index in [1.54, 1.807) is 10.6 Å². The summed E-state index contributed by atoms with van der Waals surface area (Å²) >= 11 is 0. The molecule has 3 aromatic carbocycles. The van der Waals surface area contributed by atoms with E-state index in [2.05, 4.69) is 10.3 Å². The maximum absolute atomic E-state index is 13.0. The fourth-order valence-corrected chi connectivity index (χ4v) is 3.85. The number of hydrogen-bond donors (Lipinski definition) is 1. The summed E-state index contributed by atoms with van der Waals surface area (Å²) in [5, 5.41) is 3.59. The number of anilines is 1. The highest BCUT2D eigenvalue weighted by Crippen LogP contribution is 2.23. The zero-order valence-electron chi connectivity index (χ0n) is 17.9. The summed E-state index contributed by atoms with van der Waals surface area (Å²) in [6.45, 7) is 5.80. The molecule has 0 saturated heterocycles. The molecule has 5 nitrogen and oxygen atoms in total. The largest absolute Gasteiger partial charge is 0.326 e. The third kappa shape index (κ3) is 4.26. The molecule has 156 valence electrons. The van der Waals surface area contributed by atoms with Crippen molar-refractivity contribution in [3.8, 4) is 5.69 Å². The fourth-order valence-electron chi connectivity index (χ4n) is 3.85. The first-order chi connectivity index (χ1) is 14.9. The molecule has 5 heteroatoms. The molecular formula is C26H25N3O2. The Balaban J connectivity index is 1.57. The molecule has 0 aliphatic carbocycles. The van der Waals surface area contributed by atoms with Crippen LogP contribution in [0, 0.1) is 13.8 Å². The molecule has 1 N–H and O–H groups in total. The minimum absolute atomic E-state index is 0.0343. The number of benzene rings is 3. The normalized spacial score (nSPS) is 12.0. The van der Waals surface area contributed by atoms with Gasteiger partial charge in [-0.25, -0.2) is 4.98 Å². The van der Waals surface area contributed by atoms with Gasteiger partial charge in [-0.2, -0.15) is 0 Å². The van der Waals surface area contributed by atoms with Crippen LogP contribution in [0.1, 0.15) is 36.2 Å². The highest BCUT2D eigenvalue weighted by atomic mass is 16.1. The predicted molar refractivity (Wildman–Crippen MR) is 125 cm³/mol. The third-order valence-corrected chi connectivity index (χ3v) is 5.55. The van der Waals surface area contributed by atoms with Crippen molar-refractivity contribution in [3.63, 3.8) is 0 Å². The number of hydrogen-bond acceptors (Lipinski definition) is 3. The van der Waals surface area contributed by atoms with Gasteiger partial charge in [0.2, 0.25) is 5.91 Å². The van der Waals surface area contributed by atoms with Crippen LogP contribution in [0.5, 0.6) is 0 Å². The molecule has 0 spiro atoms. The van der Waals surface area contributed by atoms with Gasteiger partial charge in [0.15, 0.2) is 0 Å². The number of nitrogens with one attached hydrogen (secondary N) is 1. The van der Waals surface area contributed by atoms with Crippen LogP contribution in [0.25, 0.3) is 16.6 Å². The summed E-state index contributed by atoms with van der Waals surface area (Å²) in [6.07, 6.45) is 0.401.